The maximum absolute atomic E-state index is 12.5. The number of anilines is 1. The van der Waals surface area contributed by atoms with Crippen LogP contribution in [-0.4, -0.2) is 37.4 Å². The Morgan fingerprint density at radius 2 is 1.92 bits per heavy atom. The lowest BCUT2D eigenvalue weighted by molar-refractivity contribution is -0.116. The molecule has 1 N–H and O–H groups in total. The first-order valence-electron chi connectivity index (χ1n) is 7.37. The van der Waals surface area contributed by atoms with Gasteiger partial charge in [0.15, 0.2) is 0 Å². The minimum atomic E-state index is -0.268. The van der Waals surface area contributed by atoms with Crippen molar-refractivity contribution in [3.05, 3.63) is 58.1 Å². The lowest BCUT2D eigenvalue weighted by atomic mass is 10.1. The Morgan fingerprint density at radius 1 is 1.21 bits per heavy atom. The second-order valence-corrected chi connectivity index (χ2v) is 6.28. The molecule has 0 spiro atoms. The number of halogens is 1. The van der Waals surface area contributed by atoms with Crippen molar-refractivity contribution in [2.45, 2.75) is 6.92 Å². The van der Waals surface area contributed by atoms with Gasteiger partial charge < -0.3 is 15.0 Å². The van der Waals surface area contributed by atoms with E-state index in [0.717, 1.165) is 15.7 Å². The average Bonchev–Trinajstić information content (AvgIpc) is 2.56. The lowest BCUT2D eigenvalue weighted by Crippen LogP contribution is -2.35. The summed E-state index contributed by atoms with van der Waals surface area (Å²) >= 11 is 3.38. The minimum absolute atomic E-state index is 0.0492. The van der Waals surface area contributed by atoms with Crippen LogP contribution in [0, 0.1) is 6.92 Å². The first kappa shape index (κ1) is 18.0. The maximum Gasteiger partial charge on any atom is 0.257 e. The van der Waals surface area contributed by atoms with Crippen molar-refractivity contribution in [1.82, 2.24) is 4.90 Å². The quantitative estimate of drug-likeness (QED) is 0.849. The van der Waals surface area contributed by atoms with Gasteiger partial charge in [-0.15, -0.1) is 0 Å². The fourth-order valence-electron chi connectivity index (χ4n) is 2.27. The van der Waals surface area contributed by atoms with Crippen LogP contribution in [0.1, 0.15) is 15.9 Å². The van der Waals surface area contributed by atoms with E-state index in [-0.39, 0.29) is 18.4 Å². The molecule has 2 rings (SSSR count). The number of carbonyl (C=O) groups excluding carboxylic acids is 2. The Hall–Kier alpha value is -2.34. The fraction of sp³-hybridized carbons (Fsp3) is 0.222. The number of nitrogens with zero attached hydrogens (tertiary/aromatic N) is 1. The predicted octanol–water partition coefficient (Wildman–Crippen LogP) is 3.48. The molecule has 126 valence electrons. The number of para-hydroxylation sites is 1. The molecule has 0 aliphatic heterocycles. The van der Waals surface area contributed by atoms with E-state index in [1.54, 1.807) is 31.3 Å². The summed E-state index contributed by atoms with van der Waals surface area (Å²) in [6, 6.07) is 12.5. The fourth-order valence-corrected chi connectivity index (χ4v) is 2.75. The topological polar surface area (TPSA) is 58.6 Å². The molecular formula is C18H19BrN2O3. The monoisotopic (exact) mass is 390 g/mol. The van der Waals surface area contributed by atoms with Gasteiger partial charge in [0.2, 0.25) is 5.91 Å². The van der Waals surface area contributed by atoms with Gasteiger partial charge in [-0.2, -0.15) is 0 Å². The Bertz CT molecular complexity index is 762. The molecule has 0 bridgehead atoms. The first-order chi connectivity index (χ1) is 11.4. The van der Waals surface area contributed by atoms with Gasteiger partial charge in [-0.1, -0.05) is 28.1 Å². The molecule has 0 fully saturated rings. The number of ether oxygens (including phenoxy) is 1. The zero-order valence-corrected chi connectivity index (χ0v) is 15.4. The molecule has 5 nitrogen and oxygen atoms in total. The normalized spacial score (nSPS) is 10.2. The van der Waals surface area contributed by atoms with Crippen molar-refractivity contribution in [1.29, 1.82) is 0 Å². The van der Waals surface area contributed by atoms with Crippen molar-refractivity contribution < 1.29 is 14.3 Å². The van der Waals surface area contributed by atoms with Gasteiger partial charge in [0, 0.05) is 17.2 Å². The van der Waals surface area contributed by atoms with Crippen LogP contribution in [0.2, 0.25) is 0 Å². The molecule has 2 aromatic rings. The molecular weight excluding hydrogens is 372 g/mol. The van der Waals surface area contributed by atoms with Crippen LogP contribution in [-0.2, 0) is 4.79 Å². The van der Waals surface area contributed by atoms with Crippen molar-refractivity contribution in [2.24, 2.45) is 0 Å². The number of methoxy groups -OCH3 is 1. The average molecular weight is 391 g/mol. The minimum Gasteiger partial charge on any atom is -0.496 e. The lowest BCUT2D eigenvalue weighted by Gasteiger charge is -2.18. The number of hydrogen-bond donors (Lipinski definition) is 1. The molecule has 0 radical (unpaired) electrons. The zero-order valence-electron chi connectivity index (χ0n) is 13.8. The summed E-state index contributed by atoms with van der Waals surface area (Å²) in [7, 11) is 3.10. The largest absolute Gasteiger partial charge is 0.496 e. The third kappa shape index (κ3) is 4.35. The Labute approximate surface area is 149 Å². The molecule has 0 atom stereocenters. The van der Waals surface area contributed by atoms with Crippen LogP contribution in [0.4, 0.5) is 5.69 Å². The Kier molecular flexibility index (Phi) is 5.98. The van der Waals surface area contributed by atoms with Crippen LogP contribution >= 0.6 is 15.9 Å². The highest BCUT2D eigenvalue weighted by molar-refractivity contribution is 9.10. The Balaban J connectivity index is 2.04. The van der Waals surface area contributed by atoms with Gasteiger partial charge in [-0.25, -0.2) is 0 Å². The summed E-state index contributed by atoms with van der Waals surface area (Å²) in [4.78, 5) is 26.0. The van der Waals surface area contributed by atoms with Gasteiger partial charge in [0.05, 0.1) is 19.2 Å². The van der Waals surface area contributed by atoms with E-state index in [9.17, 15) is 9.59 Å². The van der Waals surface area contributed by atoms with Gasteiger partial charge in [-0.05, 0) is 42.8 Å². The van der Waals surface area contributed by atoms with E-state index in [2.05, 4.69) is 21.2 Å². The summed E-state index contributed by atoms with van der Waals surface area (Å²) in [5, 5.41) is 2.82. The smallest absolute Gasteiger partial charge is 0.257 e. The summed E-state index contributed by atoms with van der Waals surface area (Å²) < 4.78 is 6.14. The van der Waals surface area contributed by atoms with Crippen LogP contribution < -0.4 is 10.1 Å². The molecule has 2 amide bonds. The van der Waals surface area contributed by atoms with E-state index in [0.29, 0.717) is 11.3 Å². The molecule has 0 aromatic heterocycles. The van der Waals surface area contributed by atoms with Crippen LogP contribution in [0.3, 0.4) is 0 Å². The molecule has 0 heterocycles. The van der Waals surface area contributed by atoms with Crippen LogP contribution in [0.15, 0.2) is 46.9 Å². The Morgan fingerprint density at radius 3 is 2.58 bits per heavy atom. The van der Waals surface area contributed by atoms with Gasteiger partial charge in [0.1, 0.15) is 5.75 Å². The maximum atomic E-state index is 12.5. The number of carbonyl (C=O) groups is 2. The molecule has 2 aromatic carbocycles. The van der Waals surface area contributed by atoms with Gasteiger partial charge in [0.25, 0.3) is 5.91 Å². The summed E-state index contributed by atoms with van der Waals surface area (Å²) in [5.41, 5.74) is 2.09. The number of benzene rings is 2. The van der Waals surface area contributed by atoms with Crippen molar-refractivity contribution in [3.63, 3.8) is 0 Å². The highest BCUT2D eigenvalue weighted by Gasteiger charge is 2.18. The van der Waals surface area contributed by atoms with Gasteiger partial charge >= 0.3 is 0 Å². The van der Waals surface area contributed by atoms with E-state index in [1.165, 1.54) is 12.0 Å². The predicted molar refractivity (Wildman–Crippen MR) is 97.5 cm³/mol. The zero-order chi connectivity index (χ0) is 17.7. The number of hydrogen-bond acceptors (Lipinski definition) is 3. The number of rotatable bonds is 5. The molecule has 0 aliphatic carbocycles. The van der Waals surface area contributed by atoms with Crippen LogP contribution in [0.25, 0.3) is 0 Å². The van der Waals surface area contributed by atoms with E-state index in [4.69, 9.17) is 4.74 Å². The third-order valence-electron chi connectivity index (χ3n) is 3.53. The summed E-state index contributed by atoms with van der Waals surface area (Å²) in [5.74, 6) is -0.0418. The highest BCUT2D eigenvalue weighted by Crippen LogP contribution is 2.21. The second-order valence-electron chi connectivity index (χ2n) is 5.37. The number of aryl methyl sites for hydroxylation is 1. The van der Waals surface area contributed by atoms with Crippen molar-refractivity contribution in [3.8, 4) is 5.75 Å². The van der Waals surface area contributed by atoms with E-state index < -0.39 is 0 Å². The third-order valence-corrected chi connectivity index (χ3v) is 4.02. The van der Waals surface area contributed by atoms with E-state index in [1.807, 2.05) is 25.1 Å². The number of nitrogens with one attached hydrogen (secondary N) is 1. The van der Waals surface area contributed by atoms with Crippen LogP contribution in [0.5, 0.6) is 5.75 Å². The van der Waals surface area contributed by atoms with E-state index >= 15 is 0 Å². The SMILES string of the molecule is COc1ccccc1C(=O)N(C)CC(=O)Nc1ccc(Br)cc1C. The molecule has 0 saturated heterocycles. The molecule has 0 aliphatic rings. The molecule has 0 saturated carbocycles. The van der Waals surface area contributed by atoms with Crippen molar-refractivity contribution in [2.75, 3.05) is 26.0 Å². The molecule has 0 unspecified atom stereocenters. The number of amides is 2. The molecule has 6 heteroatoms. The summed E-state index contributed by atoms with van der Waals surface area (Å²) in [6.45, 7) is 1.86. The van der Waals surface area contributed by atoms with Crippen molar-refractivity contribution >= 4 is 33.4 Å². The summed E-state index contributed by atoms with van der Waals surface area (Å²) in [6.07, 6.45) is 0. The number of likely N-dealkylation sites (N-methyl/N-ethyl adjacent to an activating group) is 1. The standard InChI is InChI=1S/C18H19BrN2O3/c1-12-10-13(19)8-9-15(12)20-17(22)11-21(2)18(23)14-6-4-5-7-16(14)24-3/h4-10H,11H2,1-3H3,(H,20,22). The van der Waals surface area contributed by atoms with Gasteiger partial charge in [-0.3, -0.25) is 9.59 Å². The second kappa shape index (κ2) is 7.97. The molecule has 24 heavy (non-hydrogen) atoms. The first-order valence-corrected chi connectivity index (χ1v) is 8.16. The highest BCUT2D eigenvalue weighted by atomic mass is 79.9.